The Balaban J connectivity index is 2.02. The Morgan fingerprint density at radius 2 is 1.50 bits per heavy atom. The van der Waals surface area contributed by atoms with Gasteiger partial charge in [0.1, 0.15) is 11.6 Å². The van der Waals surface area contributed by atoms with Crippen molar-refractivity contribution in [3.8, 4) is 0 Å². The van der Waals surface area contributed by atoms with Crippen LogP contribution in [0.4, 0.5) is 0 Å². The number of hydrogen-bond donors (Lipinski definition) is 0. The summed E-state index contributed by atoms with van der Waals surface area (Å²) in [6, 6.07) is 0. The SMILES string of the molecule is O=C1CCC(=O)C12CC1CCC2CC1. The van der Waals surface area contributed by atoms with E-state index in [1.54, 1.807) is 0 Å². The van der Waals surface area contributed by atoms with Crippen LogP contribution in [0.2, 0.25) is 0 Å². The quantitative estimate of drug-likeness (QED) is 0.551. The molecule has 2 heteroatoms. The third-order valence-electron chi connectivity index (χ3n) is 4.73. The van der Waals surface area contributed by atoms with Gasteiger partial charge >= 0.3 is 0 Å². The van der Waals surface area contributed by atoms with Crippen LogP contribution in [0.1, 0.15) is 44.9 Å². The van der Waals surface area contributed by atoms with Crippen LogP contribution >= 0.6 is 0 Å². The molecule has 0 heterocycles. The van der Waals surface area contributed by atoms with E-state index in [4.69, 9.17) is 0 Å². The summed E-state index contributed by atoms with van der Waals surface area (Å²) in [5.41, 5.74) is -0.471. The van der Waals surface area contributed by atoms with E-state index in [9.17, 15) is 9.59 Å². The summed E-state index contributed by atoms with van der Waals surface area (Å²) in [7, 11) is 0. The lowest BCUT2D eigenvalue weighted by molar-refractivity contribution is -0.146. The molecule has 0 amide bonds. The molecule has 0 aromatic rings. The first-order valence-electron chi connectivity index (χ1n) is 5.80. The van der Waals surface area contributed by atoms with Gasteiger partial charge in [0.2, 0.25) is 0 Å². The molecule has 4 aliphatic carbocycles. The molecule has 0 atom stereocenters. The molecule has 0 aromatic carbocycles. The number of rotatable bonds is 0. The van der Waals surface area contributed by atoms with E-state index in [1.165, 1.54) is 12.8 Å². The zero-order chi connectivity index (χ0) is 9.76. The Morgan fingerprint density at radius 1 is 0.929 bits per heavy atom. The Labute approximate surface area is 84.1 Å². The average molecular weight is 192 g/mol. The molecule has 0 N–H and O–H groups in total. The third kappa shape index (κ3) is 0.870. The van der Waals surface area contributed by atoms with Gasteiger partial charge in [0.05, 0.1) is 5.41 Å². The Morgan fingerprint density at radius 3 is 1.93 bits per heavy atom. The lowest BCUT2D eigenvalue weighted by atomic mass is 9.54. The largest absolute Gasteiger partial charge is 0.299 e. The summed E-state index contributed by atoms with van der Waals surface area (Å²) in [5, 5.41) is 0. The van der Waals surface area contributed by atoms with Crippen LogP contribution in [0, 0.1) is 17.3 Å². The number of ketones is 2. The van der Waals surface area contributed by atoms with Crippen LogP contribution in [0.15, 0.2) is 0 Å². The monoisotopic (exact) mass is 192 g/mol. The van der Waals surface area contributed by atoms with Gasteiger partial charge < -0.3 is 0 Å². The topological polar surface area (TPSA) is 34.1 Å². The maximum Gasteiger partial charge on any atom is 0.147 e. The molecule has 4 saturated carbocycles. The van der Waals surface area contributed by atoms with E-state index in [0.717, 1.165) is 19.3 Å². The van der Waals surface area contributed by atoms with Crippen LogP contribution in [0.3, 0.4) is 0 Å². The molecule has 2 nitrogen and oxygen atoms in total. The van der Waals surface area contributed by atoms with E-state index < -0.39 is 5.41 Å². The third-order valence-corrected chi connectivity index (χ3v) is 4.73. The van der Waals surface area contributed by atoms with Crippen molar-refractivity contribution >= 4 is 11.6 Å². The minimum absolute atomic E-state index is 0.275. The predicted molar refractivity (Wildman–Crippen MR) is 51.7 cm³/mol. The van der Waals surface area contributed by atoms with Crippen molar-refractivity contribution in [2.75, 3.05) is 0 Å². The highest BCUT2D eigenvalue weighted by Gasteiger charge is 2.58. The Bertz CT molecular complexity index is 281. The molecular weight excluding hydrogens is 176 g/mol. The molecule has 0 aromatic heterocycles. The highest BCUT2D eigenvalue weighted by Crippen LogP contribution is 2.56. The van der Waals surface area contributed by atoms with Crippen molar-refractivity contribution in [3.63, 3.8) is 0 Å². The molecule has 76 valence electrons. The Hall–Kier alpha value is -0.660. The van der Waals surface area contributed by atoms with Gasteiger partial charge in [-0.05, 0) is 31.1 Å². The molecule has 0 radical (unpaired) electrons. The summed E-state index contributed by atoms with van der Waals surface area (Å²) in [6.07, 6.45) is 6.73. The highest BCUT2D eigenvalue weighted by molar-refractivity contribution is 6.13. The van der Waals surface area contributed by atoms with Crippen molar-refractivity contribution < 1.29 is 9.59 Å². The average Bonchev–Trinajstić information content (AvgIpc) is 2.49. The van der Waals surface area contributed by atoms with Gasteiger partial charge in [-0.3, -0.25) is 9.59 Å². The van der Waals surface area contributed by atoms with Crippen LogP contribution in [0.25, 0.3) is 0 Å². The van der Waals surface area contributed by atoms with Crippen LogP contribution < -0.4 is 0 Å². The Kier molecular flexibility index (Phi) is 1.65. The summed E-state index contributed by atoms with van der Waals surface area (Å²) in [6.45, 7) is 0. The molecule has 0 aliphatic heterocycles. The number of fused-ring (bicyclic) bond motifs is 2. The molecule has 14 heavy (non-hydrogen) atoms. The fourth-order valence-electron chi connectivity index (χ4n) is 3.99. The maximum atomic E-state index is 11.9. The number of hydrogen-bond acceptors (Lipinski definition) is 2. The zero-order valence-electron chi connectivity index (χ0n) is 8.42. The summed E-state index contributed by atoms with van der Waals surface area (Å²) in [5.74, 6) is 1.63. The van der Waals surface area contributed by atoms with Crippen LogP contribution in [0.5, 0.6) is 0 Å². The van der Waals surface area contributed by atoms with E-state index in [2.05, 4.69) is 0 Å². The smallest absolute Gasteiger partial charge is 0.147 e. The highest BCUT2D eigenvalue weighted by atomic mass is 16.2. The van der Waals surface area contributed by atoms with E-state index in [0.29, 0.717) is 24.7 Å². The predicted octanol–water partition coefficient (Wildman–Crippen LogP) is 2.11. The summed E-state index contributed by atoms with van der Waals surface area (Å²) in [4.78, 5) is 23.9. The van der Waals surface area contributed by atoms with Gasteiger partial charge in [-0.2, -0.15) is 0 Å². The van der Waals surface area contributed by atoms with Gasteiger partial charge in [-0.1, -0.05) is 12.8 Å². The van der Waals surface area contributed by atoms with Crippen LogP contribution in [-0.4, -0.2) is 11.6 Å². The number of carbonyl (C=O) groups excluding carboxylic acids is 2. The first-order valence-corrected chi connectivity index (χ1v) is 5.80. The minimum atomic E-state index is -0.471. The van der Waals surface area contributed by atoms with E-state index in [-0.39, 0.29) is 11.6 Å². The van der Waals surface area contributed by atoms with Crippen molar-refractivity contribution in [1.82, 2.24) is 0 Å². The second kappa shape index (κ2) is 2.68. The molecule has 1 spiro atoms. The van der Waals surface area contributed by atoms with Crippen LogP contribution in [-0.2, 0) is 9.59 Å². The van der Waals surface area contributed by atoms with Gasteiger partial charge in [0.25, 0.3) is 0 Å². The van der Waals surface area contributed by atoms with E-state index in [1.807, 2.05) is 0 Å². The second-order valence-electron chi connectivity index (χ2n) is 5.24. The standard InChI is InChI=1S/C12H16O2/c13-10-5-6-11(14)12(10)7-8-1-3-9(12)4-2-8/h8-9H,1-7H2. The van der Waals surface area contributed by atoms with Gasteiger partial charge in [-0.25, -0.2) is 0 Å². The van der Waals surface area contributed by atoms with Gasteiger partial charge in [-0.15, -0.1) is 0 Å². The van der Waals surface area contributed by atoms with Crippen molar-refractivity contribution in [2.24, 2.45) is 17.3 Å². The molecule has 4 rings (SSSR count). The van der Waals surface area contributed by atoms with Crippen molar-refractivity contribution in [3.05, 3.63) is 0 Å². The molecule has 4 aliphatic rings. The second-order valence-corrected chi connectivity index (χ2v) is 5.24. The number of Topliss-reactive ketones (excluding diaryl/α,β-unsaturated/α-hetero) is 2. The fourth-order valence-corrected chi connectivity index (χ4v) is 3.99. The lowest BCUT2D eigenvalue weighted by Gasteiger charge is -2.47. The summed E-state index contributed by atoms with van der Waals surface area (Å²) < 4.78 is 0. The molecular formula is C12H16O2. The fraction of sp³-hybridized carbons (Fsp3) is 0.833. The maximum absolute atomic E-state index is 11.9. The first kappa shape index (κ1) is 8.63. The van der Waals surface area contributed by atoms with E-state index >= 15 is 0 Å². The number of carbonyl (C=O) groups is 2. The first-order chi connectivity index (χ1) is 6.73. The zero-order valence-corrected chi connectivity index (χ0v) is 8.42. The molecule has 0 unspecified atom stereocenters. The normalized spacial score (nSPS) is 39.7. The lowest BCUT2D eigenvalue weighted by Crippen LogP contribution is -2.48. The molecule has 4 fully saturated rings. The van der Waals surface area contributed by atoms with Crippen molar-refractivity contribution in [2.45, 2.75) is 44.9 Å². The molecule has 0 saturated heterocycles. The van der Waals surface area contributed by atoms with Gasteiger partial charge in [0.15, 0.2) is 0 Å². The van der Waals surface area contributed by atoms with Crippen molar-refractivity contribution in [1.29, 1.82) is 0 Å². The summed E-state index contributed by atoms with van der Waals surface area (Å²) >= 11 is 0. The van der Waals surface area contributed by atoms with Gasteiger partial charge in [0, 0.05) is 12.8 Å². The molecule has 2 bridgehead atoms. The minimum Gasteiger partial charge on any atom is -0.299 e.